The predicted molar refractivity (Wildman–Crippen MR) is 114 cm³/mol. The third-order valence-corrected chi connectivity index (χ3v) is 7.57. The van der Waals surface area contributed by atoms with Crippen LogP contribution in [-0.4, -0.2) is 91.4 Å². The van der Waals surface area contributed by atoms with Gasteiger partial charge < -0.3 is 14.2 Å². The molecule has 4 rings (SSSR count). The minimum absolute atomic E-state index is 0.125. The second-order valence-electron chi connectivity index (χ2n) is 7.72. The second-order valence-corrected chi connectivity index (χ2v) is 9.98. The summed E-state index contributed by atoms with van der Waals surface area (Å²) in [5.41, 5.74) is 1.71. The van der Waals surface area contributed by atoms with Crippen LogP contribution in [0.3, 0.4) is 0 Å². The van der Waals surface area contributed by atoms with E-state index in [-0.39, 0.29) is 11.9 Å². The molecule has 31 heavy (non-hydrogen) atoms. The lowest BCUT2D eigenvalue weighted by Gasteiger charge is -2.34. The Morgan fingerprint density at radius 3 is 2.45 bits per heavy atom. The van der Waals surface area contributed by atoms with Crippen molar-refractivity contribution in [2.45, 2.75) is 26.2 Å². The molecule has 3 heterocycles. The molecule has 2 fully saturated rings. The molecule has 0 aliphatic carbocycles. The molecule has 0 saturated carbocycles. The van der Waals surface area contributed by atoms with Crippen LogP contribution in [0.5, 0.6) is 0 Å². The third kappa shape index (κ3) is 4.79. The van der Waals surface area contributed by atoms with Crippen LogP contribution in [0.25, 0.3) is 11.4 Å². The Kier molecular flexibility index (Phi) is 6.37. The molecule has 2 unspecified atom stereocenters. The molecule has 2 atom stereocenters. The number of aryl methyl sites for hydroxylation is 1. The van der Waals surface area contributed by atoms with Crippen LogP contribution in [0.1, 0.15) is 12.8 Å². The zero-order valence-corrected chi connectivity index (χ0v) is 18.5. The van der Waals surface area contributed by atoms with E-state index in [1.807, 2.05) is 29.2 Å². The van der Waals surface area contributed by atoms with E-state index in [0.717, 1.165) is 17.5 Å². The molecule has 168 valence electrons. The van der Waals surface area contributed by atoms with E-state index in [9.17, 15) is 13.2 Å². The van der Waals surface area contributed by atoms with Gasteiger partial charge in [-0.3, -0.25) is 9.69 Å². The van der Waals surface area contributed by atoms with E-state index in [1.54, 1.807) is 18.2 Å². The highest BCUT2D eigenvalue weighted by molar-refractivity contribution is 7.89. The van der Waals surface area contributed by atoms with Gasteiger partial charge in [0, 0.05) is 57.4 Å². The Hall–Kier alpha value is -2.34. The summed E-state index contributed by atoms with van der Waals surface area (Å²) in [4.78, 5) is 20.0. The fourth-order valence-corrected chi connectivity index (χ4v) is 5.06. The monoisotopic (exact) mass is 449 g/mol. The molecule has 0 bridgehead atoms. The first-order valence-electron chi connectivity index (χ1n) is 10.4. The Morgan fingerprint density at radius 2 is 1.87 bits per heavy atom. The van der Waals surface area contributed by atoms with Gasteiger partial charge in [-0.1, -0.05) is 5.16 Å². The summed E-state index contributed by atoms with van der Waals surface area (Å²) in [6.45, 7) is 6.93. The van der Waals surface area contributed by atoms with Crippen molar-refractivity contribution in [3.05, 3.63) is 30.2 Å². The number of hydrogen-bond donors (Lipinski definition) is 0. The Morgan fingerprint density at radius 1 is 1.16 bits per heavy atom. The number of ether oxygens (including phenoxy) is 1. The van der Waals surface area contributed by atoms with E-state index in [2.05, 4.69) is 15.0 Å². The lowest BCUT2D eigenvalue weighted by Crippen LogP contribution is -2.51. The number of benzene rings is 1. The highest BCUT2D eigenvalue weighted by Crippen LogP contribution is 2.27. The molecule has 2 aromatic rings. The van der Waals surface area contributed by atoms with Crippen molar-refractivity contribution in [3.63, 3.8) is 0 Å². The number of aromatic nitrogens is 2. The SMILES string of the molecule is CCS(=O)(=O)N1CCN(CC2CN(c3ccc(-c4noc(C)n4)cc3)C(C=O)O2)CC1. The zero-order valence-electron chi connectivity index (χ0n) is 17.7. The quantitative estimate of drug-likeness (QED) is 0.565. The van der Waals surface area contributed by atoms with Gasteiger partial charge >= 0.3 is 0 Å². The van der Waals surface area contributed by atoms with E-state index in [1.165, 1.54) is 0 Å². The zero-order chi connectivity index (χ0) is 22.0. The summed E-state index contributed by atoms with van der Waals surface area (Å²) >= 11 is 0. The third-order valence-electron chi connectivity index (χ3n) is 5.69. The summed E-state index contributed by atoms with van der Waals surface area (Å²) in [6.07, 6.45) is 0.0245. The van der Waals surface area contributed by atoms with Crippen LogP contribution in [0.15, 0.2) is 28.8 Å². The van der Waals surface area contributed by atoms with E-state index < -0.39 is 16.3 Å². The van der Waals surface area contributed by atoms with Crippen molar-refractivity contribution < 1.29 is 22.5 Å². The van der Waals surface area contributed by atoms with Gasteiger partial charge in [-0.2, -0.15) is 9.29 Å². The minimum Gasteiger partial charge on any atom is -0.345 e. The maximum Gasteiger partial charge on any atom is 0.223 e. The molecule has 2 saturated heterocycles. The van der Waals surface area contributed by atoms with E-state index in [0.29, 0.717) is 51.0 Å². The topological polar surface area (TPSA) is 109 Å². The van der Waals surface area contributed by atoms with Gasteiger partial charge in [0.15, 0.2) is 12.5 Å². The van der Waals surface area contributed by atoms with Gasteiger partial charge in [-0.25, -0.2) is 8.42 Å². The van der Waals surface area contributed by atoms with Crippen molar-refractivity contribution >= 4 is 22.0 Å². The summed E-state index contributed by atoms with van der Waals surface area (Å²) in [7, 11) is -3.15. The van der Waals surface area contributed by atoms with Crippen LogP contribution in [-0.2, 0) is 19.6 Å². The standard InChI is InChI=1S/C20H27N5O5S/c1-3-31(27,28)24-10-8-23(9-11-24)12-18-13-25(19(14-26)29-18)17-6-4-16(5-7-17)20-21-15(2)30-22-20/h4-7,14,18-19H,3,8-13H2,1-2H3. The maximum atomic E-state index is 12.0. The Labute approximate surface area is 181 Å². The van der Waals surface area contributed by atoms with Gasteiger partial charge in [-0.05, 0) is 31.2 Å². The summed E-state index contributed by atoms with van der Waals surface area (Å²) < 4.78 is 36.6. The fraction of sp³-hybridized carbons (Fsp3) is 0.550. The maximum absolute atomic E-state index is 12.0. The molecule has 0 N–H and O–H groups in total. The van der Waals surface area contributed by atoms with Gasteiger partial charge in [0.05, 0.1) is 11.9 Å². The highest BCUT2D eigenvalue weighted by atomic mass is 32.2. The molecule has 0 spiro atoms. The molecule has 10 nitrogen and oxygen atoms in total. The minimum atomic E-state index is -3.15. The van der Waals surface area contributed by atoms with E-state index >= 15 is 0 Å². The van der Waals surface area contributed by atoms with Crippen molar-refractivity contribution in [2.75, 3.05) is 49.9 Å². The number of aldehydes is 1. The lowest BCUT2D eigenvalue weighted by molar-refractivity contribution is -0.117. The number of sulfonamides is 1. The first kappa shape index (κ1) is 21.9. The first-order valence-corrected chi connectivity index (χ1v) is 12.0. The van der Waals surface area contributed by atoms with Crippen LogP contribution in [0.4, 0.5) is 5.69 Å². The normalized spacial score (nSPS) is 23.4. The van der Waals surface area contributed by atoms with Crippen LogP contribution >= 0.6 is 0 Å². The summed E-state index contributed by atoms with van der Waals surface area (Å²) in [6, 6.07) is 7.61. The first-order chi connectivity index (χ1) is 14.9. The van der Waals surface area contributed by atoms with Gasteiger partial charge in [0.25, 0.3) is 0 Å². The number of carbonyl (C=O) groups excluding carboxylic acids is 1. The van der Waals surface area contributed by atoms with E-state index in [4.69, 9.17) is 9.26 Å². The second kappa shape index (κ2) is 9.03. The number of carbonyl (C=O) groups is 1. The number of nitrogens with zero attached hydrogens (tertiary/aromatic N) is 5. The Bertz CT molecular complexity index is 1000. The van der Waals surface area contributed by atoms with Gasteiger partial charge in [0.1, 0.15) is 0 Å². The number of hydrogen-bond acceptors (Lipinski definition) is 9. The molecular weight excluding hydrogens is 422 g/mol. The van der Waals surface area contributed by atoms with Crippen LogP contribution < -0.4 is 4.90 Å². The molecule has 0 amide bonds. The molecular formula is C20H27N5O5S. The van der Waals surface area contributed by atoms with Crippen molar-refractivity contribution in [3.8, 4) is 11.4 Å². The number of rotatable bonds is 7. The average Bonchev–Trinajstić information content (AvgIpc) is 3.40. The molecule has 2 aliphatic heterocycles. The van der Waals surface area contributed by atoms with Gasteiger partial charge in [0.2, 0.25) is 21.7 Å². The van der Waals surface area contributed by atoms with Crippen molar-refractivity contribution in [1.29, 1.82) is 0 Å². The van der Waals surface area contributed by atoms with Gasteiger partial charge in [-0.15, -0.1) is 0 Å². The summed E-state index contributed by atoms with van der Waals surface area (Å²) in [5.74, 6) is 1.15. The van der Waals surface area contributed by atoms with Crippen LogP contribution in [0, 0.1) is 6.92 Å². The highest BCUT2D eigenvalue weighted by Gasteiger charge is 2.35. The number of piperazine rings is 1. The predicted octanol–water partition coefficient (Wildman–Crippen LogP) is 0.743. The smallest absolute Gasteiger partial charge is 0.223 e. The molecule has 1 aromatic heterocycles. The molecule has 11 heteroatoms. The molecule has 2 aliphatic rings. The number of anilines is 1. The lowest BCUT2D eigenvalue weighted by atomic mass is 10.1. The average molecular weight is 450 g/mol. The van der Waals surface area contributed by atoms with Crippen LogP contribution in [0.2, 0.25) is 0 Å². The largest absolute Gasteiger partial charge is 0.345 e. The molecule has 0 radical (unpaired) electrons. The van der Waals surface area contributed by atoms with Crippen molar-refractivity contribution in [1.82, 2.24) is 19.3 Å². The van der Waals surface area contributed by atoms with Crippen molar-refractivity contribution in [2.24, 2.45) is 0 Å². The molecule has 1 aromatic carbocycles. The Balaban J connectivity index is 1.36. The fourth-order valence-electron chi connectivity index (χ4n) is 3.97. The summed E-state index contributed by atoms with van der Waals surface area (Å²) in [5, 5.41) is 3.92.